The first-order valence-corrected chi connectivity index (χ1v) is 8.38. The van der Waals surface area contributed by atoms with E-state index in [1.54, 1.807) is 12.1 Å². The van der Waals surface area contributed by atoms with E-state index in [1.165, 1.54) is 0 Å². The first-order chi connectivity index (χ1) is 11.7. The molecule has 0 fully saturated rings. The number of aryl methyl sites for hydroxylation is 1. The van der Waals surface area contributed by atoms with Crippen molar-refractivity contribution in [2.75, 3.05) is 19.8 Å². The van der Waals surface area contributed by atoms with E-state index >= 15 is 0 Å². The molecule has 8 heteroatoms. The summed E-state index contributed by atoms with van der Waals surface area (Å²) in [6, 6.07) is 3.25. The molecule has 0 aliphatic carbocycles. The van der Waals surface area contributed by atoms with Crippen LogP contribution in [0.1, 0.15) is 28.4 Å². The summed E-state index contributed by atoms with van der Waals surface area (Å²) < 4.78 is 13.1. The molecule has 0 radical (unpaired) electrons. The van der Waals surface area contributed by atoms with Crippen molar-refractivity contribution in [3.63, 3.8) is 0 Å². The number of carbonyl (C=O) groups is 1. The van der Waals surface area contributed by atoms with Crippen LogP contribution in [0, 0.1) is 0 Å². The van der Waals surface area contributed by atoms with Gasteiger partial charge < -0.3 is 19.4 Å². The van der Waals surface area contributed by atoms with Crippen LogP contribution in [0.15, 0.2) is 12.1 Å². The van der Waals surface area contributed by atoms with Crippen molar-refractivity contribution in [2.24, 2.45) is 0 Å². The highest BCUT2D eigenvalue weighted by Crippen LogP contribution is 2.38. The van der Waals surface area contributed by atoms with Gasteiger partial charge in [0.25, 0.3) is 5.91 Å². The molecule has 3 heterocycles. The average molecular weight is 349 g/mol. The normalized spacial score (nSPS) is 15.2. The van der Waals surface area contributed by atoms with Crippen molar-refractivity contribution in [1.82, 2.24) is 20.1 Å². The number of nitrogens with one attached hydrogen (secondary N) is 1. The summed E-state index contributed by atoms with van der Waals surface area (Å²) >= 11 is 6.16. The van der Waals surface area contributed by atoms with E-state index in [4.69, 9.17) is 21.1 Å². The van der Waals surface area contributed by atoms with Crippen molar-refractivity contribution in [3.8, 4) is 11.5 Å². The number of rotatable bonds is 4. The van der Waals surface area contributed by atoms with Gasteiger partial charge in [0.1, 0.15) is 24.9 Å². The lowest BCUT2D eigenvalue weighted by Crippen LogP contribution is -2.27. The highest BCUT2D eigenvalue weighted by Gasteiger charge is 2.20. The van der Waals surface area contributed by atoms with Crippen molar-refractivity contribution in [3.05, 3.63) is 34.4 Å². The van der Waals surface area contributed by atoms with Gasteiger partial charge in [0.05, 0.1) is 5.02 Å². The fourth-order valence-corrected chi connectivity index (χ4v) is 3.29. The Balaban J connectivity index is 1.40. The van der Waals surface area contributed by atoms with Gasteiger partial charge >= 0.3 is 0 Å². The fraction of sp³-hybridized carbons (Fsp3) is 0.438. The molecule has 2 aliphatic heterocycles. The largest absolute Gasteiger partial charge is 0.486 e. The molecule has 1 aromatic heterocycles. The summed E-state index contributed by atoms with van der Waals surface area (Å²) in [6.45, 7) is 2.36. The maximum absolute atomic E-state index is 12.3. The summed E-state index contributed by atoms with van der Waals surface area (Å²) in [5.41, 5.74) is 0.454. The molecule has 1 aromatic carbocycles. The number of benzene rings is 1. The molecule has 24 heavy (non-hydrogen) atoms. The maximum Gasteiger partial charge on any atom is 0.251 e. The zero-order valence-electron chi connectivity index (χ0n) is 13.0. The predicted molar refractivity (Wildman–Crippen MR) is 86.8 cm³/mol. The smallest absolute Gasteiger partial charge is 0.251 e. The molecular weight excluding hydrogens is 332 g/mol. The molecule has 1 N–H and O–H groups in total. The Morgan fingerprint density at radius 1 is 1.29 bits per heavy atom. The number of halogens is 1. The molecule has 1 amide bonds. The first kappa shape index (κ1) is 15.3. The van der Waals surface area contributed by atoms with Gasteiger partial charge in [-0.05, 0) is 18.6 Å². The van der Waals surface area contributed by atoms with E-state index in [0.717, 1.165) is 31.0 Å². The number of aromatic nitrogens is 3. The minimum absolute atomic E-state index is 0.199. The standard InChI is InChI=1S/C16H17ClN4O3/c17-11-8-10(9-12-15(11)24-7-6-23-12)16(22)18-4-3-14-20-19-13-2-1-5-21(13)14/h8-9H,1-7H2,(H,18,22). The maximum atomic E-state index is 12.3. The van der Waals surface area contributed by atoms with Gasteiger partial charge in [-0.2, -0.15) is 0 Å². The summed E-state index contributed by atoms with van der Waals surface area (Å²) in [4.78, 5) is 12.3. The number of hydrogen-bond acceptors (Lipinski definition) is 5. The Morgan fingerprint density at radius 3 is 3.08 bits per heavy atom. The monoisotopic (exact) mass is 348 g/mol. The van der Waals surface area contributed by atoms with Crippen LogP contribution >= 0.6 is 11.6 Å². The van der Waals surface area contributed by atoms with Crippen LogP contribution in [0.2, 0.25) is 5.02 Å². The van der Waals surface area contributed by atoms with Gasteiger partial charge in [-0.15, -0.1) is 10.2 Å². The van der Waals surface area contributed by atoms with E-state index in [2.05, 4.69) is 20.1 Å². The van der Waals surface area contributed by atoms with E-state index < -0.39 is 0 Å². The van der Waals surface area contributed by atoms with E-state index in [-0.39, 0.29) is 5.91 Å². The molecule has 7 nitrogen and oxygen atoms in total. The third kappa shape index (κ3) is 2.80. The summed E-state index contributed by atoms with van der Waals surface area (Å²) in [6.07, 6.45) is 2.74. The number of fused-ring (bicyclic) bond motifs is 2. The quantitative estimate of drug-likeness (QED) is 0.908. The third-order valence-corrected chi connectivity index (χ3v) is 4.46. The van der Waals surface area contributed by atoms with Crippen LogP contribution in [0.4, 0.5) is 0 Å². The molecule has 0 unspecified atom stereocenters. The van der Waals surface area contributed by atoms with E-state index in [0.29, 0.717) is 48.3 Å². The lowest BCUT2D eigenvalue weighted by Gasteiger charge is -2.20. The van der Waals surface area contributed by atoms with Gasteiger partial charge in [-0.3, -0.25) is 4.79 Å². The highest BCUT2D eigenvalue weighted by atomic mass is 35.5. The zero-order valence-corrected chi connectivity index (χ0v) is 13.8. The van der Waals surface area contributed by atoms with Crippen LogP contribution in [0.25, 0.3) is 0 Å². The Kier molecular flexibility index (Phi) is 4.02. The summed E-state index contributed by atoms with van der Waals surface area (Å²) in [5.74, 6) is 2.76. The number of nitrogens with zero attached hydrogens (tertiary/aromatic N) is 3. The molecule has 0 bridgehead atoms. The zero-order chi connectivity index (χ0) is 16.5. The second-order valence-electron chi connectivity index (χ2n) is 5.78. The van der Waals surface area contributed by atoms with Gasteiger partial charge in [0.2, 0.25) is 0 Å². The number of hydrogen-bond donors (Lipinski definition) is 1. The molecule has 0 saturated carbocycles. The number of ether oxygens (including phenoxy) is 2. The number of amides is 1. The number of carbonyl (C=O) groups excluding carboxylic acids is 1. The van der Waals surface area contributed by atoms with Crippen LogP contribution < -0.4 is 14.8 Å². The van der Waals surface area contributed by atoms with Crippen LogP contribution in [0.5, 0.6) is 11.5 Å². The van der Waals surface area contributed by atoms with Crippen LogP contribution in [-0.4, -0.2) is 40.4 Å². The summed E-state index contributed by atoms with van der Waals surface area (Å²) in [7, 11) is 0. The molecule has 0 saturated heterocycles. The summed E-state index contributed by atoms with van der Waals surface area (Å²) in [5, 5.41) is 11.6. The average Bonchev–Trinajstić information content (AvgIpc) is 3.19. The molecule has 0 spiro atoms. The Morgan fingerprint density at radius 2 is 2.17 bits per heavy atom. The lowest BCUT2D eigenvalue weighted by molar-refractivity contribution is 0.0952. The SMILES string of the molecule is O=C(NCCc1nnc2n1CCC2)c1cc(Cl)c2c(c1)OCCO2. The predicted octanol–water partition coefficient (Wildman–Crippen LogP) is 1.62. The molecule has 2 aromatic rings. The Bertz CT molecular complexity index is 790. The lowest BCUT2D eigenvalue weighted by atomic mass is 10.1. The highest BCUT2D eigenvalue weighted by molar-refractivity contribution is 6.32. The van der Waals surface area contributed by atoms with Gasteiger partial charge in [0, 0.05) is 31.5 Å². The van der Waals surface area contributed by atoms with Crippen LogP contribution in [0.3, 0.4) is 0 Å². The molecule has 2 aliphatic rings. The van der Waals surface area contributed by atoms with Gasteiger partial charge in [-0.25, -0.2) is 0 Å². The minimum Gasteiger partial charge on any atom is -0.486 e. The molecule has 4 rings (SSSR count). The van der Waals surface area contributed by atoms with E-state index in [9.17, 15) is 4.79 Å². The van der Waals surface area contributed by atoms with Gasteiger partial charge in [0.15, 0.2) is 11.5 Å². The van der Waals surface area contributed by atoms with E-state index in [1.807, 2.05) is 0 Å². The van der Waals surface area contributed by atoms with Crippen LogP contribution in [-0.2, 0) is 19.4 Å². The molecule has 0 atom stereocenters. The van der Waals surface area contributed by atoms with Crippen molar-refractivity contribution in [2.45, 2.75) is 25.8 Å². The molecular formula is C16H17ClN4O3. The van der Waals surface area contributed by atoms with Crippen molar-refractivity contribution >= 4 is 17.5 Å². The Labute approximate surface area is 143 Å². The van der Waals surface area contributed by atoms with Crippen molar-refractivity contribution in [1.29, 1.82) is 0 Å². The fourth-order valence-electron chi connectivity index (χ4n) is 3.03. The third-order valence-electron chi connectivity index (χ3n) is 4.18. The van der Waals surface area contributed by atoms with Gasteiger partial charge in [-0.1, -0.05) is 11.6 Å². The first-order valence-electron chi connectivity index (χ1n) is 8.00. The van der Waals surface area contributed by atoms with Crippen molar-refractivity contribution < 1.29 is 14.3 Å². The minimum atomic E-state index is -0.199. The topological polar surface area (TPSA) is 78.3 Å². The molecule has 126 valence electrons. The Hall–Kier alpha value is -2.28. The second kappa shape index (κ2) is 6.32. The second-order valence-corrected chi connectivity index (χ2v) is 6.18.